The van der Waals surface area contributed by atoms with Crippen LogP contribution >= 0.6 is 0 Å². The standard InChI is InChI=1S/C17H18O3/c1-13(19)20-11-5-8-15(12-18)17-10-4-7-14-6-2-3-9-16(14)17/h2-4,6-7,9-10,12,15H,5,8,11H2,1H3. The molecular formula is C17H18O3. The van der Waals surface area contributed by atoms with Crippen LogP contribution in [0.1, 0.15) is 31.2 Å². The van der Waals surface area contributed by atoms with Crippen LogP contribution < -0.4 is 0 Å². The SMILES string of the molecule is CC(=O)OCCCC(C=O)c1cccc2ccccc12. The number of carbonyl (C=O) groups is 2. The minimum atomic E-state index is -0.280. The van der Waals surface area contributed by atoms with Gasteiger partial charge in [-0.15, -0.1) is 0 Å². The van der Waals surface area contributed by atoms with Crippen molar-refractivity contribution < 1.29 is 14.3 Å². The van der Waals surface area contributed by atoms with Crippen molar-refractivity contribution in [3.63, 3.8) is 0 Å². The summed E-state index contributed by atoms with van der Waals surface area (Å²) in [5.74, 6) is -0.436. The first-order chi connectivity index (χ1) is 9.72. The van der Waals surface area contributed by atoms with Gasteiger partial charge < -0.3 is 9.53 Å². The number of hydrogen-bond acceptors (Lipinski definition) is 3. The number of hydrogen-bond donors (Lipinski definition) is 0. The molecule has 2 aromatic rings. The van der Waals surface area contributed by atoms with Gasteiger partial charge in [-0.2, -0.15) is 0 Å². The topological polar surface area (TPSA) is 43.4 Å². The highest BCUT2D eigenvalue weighted by atomic mass is 16.5. The van der Waals surface area contributed by atoms with Crippen LogP contribution in [0.25, 0.3) is 10.8 Å². The molecule has 0 fully saturated rings. The van der Waals surface area contributed by atoms with E-state index in [1.165, 1.54) is 6.92 Å². The Kier molecular flexibility index (Phi) is 4.88. The molecular weight excluding hydrogens is 252 g/mol. The lowest BCUT2D eigenvalue weighted by atomic mass is 9.91. The molecule has 0 amide bonds. The Morgan fingerprint density at radius 1 is 1.20 bits per heavy atom. The zero-order valence-electron chi connectivity index (χ0n) is 11.5. The summed E-state index contributed by atoms with van der Waals surface area (Å²) in [6.45, 7) is 1.76. The van der Waals surface area contributed by atoms with Crippen molar-refractivity contribution in [3.05, 3.63) is 48.0 Å². The first-order valence-electron chi connectivity index (χ1n) is 6.78. The van der Waals surface area contributed by atoms with Gasteiger partial charge in [0.2, 0.25) is 0 Å². The minimum absolute atomic E-state index is 0.156. The molecule has 2 rings (SSSR count). The fourth-order valence-corrected chi connectivity index (χ4v) is 2.39. The molecule has 0 aliphatic rings. The van der Waals surface area contributed by atoms with Gasteiger partial charge in [0.1, 0.15) is 6.29 Å². The Bertz CT molecular complexity index is 599. The molecule has 1 unspecified atom stereocenters. The molecule has 2 aromatic carbocycles. The largest absolute Gasteiger partial charge is 0.466 e. The van der Waals surface area contributed by atoms with Crippen LogP contribution in [-0.2, 0) is 14.3 Å². The highest BCUT2D eigenvalue weighted by molar-refractivity contribution is 5.88. The number of rotatable bonds is 6. The Balaban J connectivity index is 2.13. The molecule has 0 heterocycles. The monoisotopic (exact) mass is 270 g/mol. The van der Waals surface area contributed by atoms with Gasteiger partial charge in [-0.1, -0.05) is 42.5 Å². The first-order valence-corrected chi connectivity index (χ1v) is 6.78. The van der Waals surface area contributed by atoms with Crippen molar-refractivity contribution in [2.45, 2.75) is 25.7 Å². The van der Waals surface area contributed by atoms with Crippen molar-refractivity contribution >= 4 is 23.0 Å². The van der Waals surface area contributed by atoms with Crippen molar-refractivity contribution in [1.82, 2.24) is 0 Å². The Morgan fingerprint density at radius 3 is 2.70 bits per heavy atom. The molecule has 0 N–H and O–H groups in total. The molecule has 20 heavy (non-hydrogen) atoms. The second kappa shape index (κ2) is 6.85. The molecule has 0 spiro atoms. The van der Waals surface area contributed by atoms with Gasteiger partial charge in [0.05, 0.1) is 6.61 Å². The molecule has 0 bridgehead atoms. The zero-order chi connectivity index (χ0) is 14.4. The van der Waals surface area contributed by atoms with E-state index in [9.17, 15) is 9.59 Å². The lowest BCUT2D eigenvalue weighted by molar-refractivity contribution is -0.141. The summed E-state index contributed by atoms with van der Waals surface area (Å²) in [6.07, 6.45) is 2.35. The van der Waals surface area contributed by atoms with Crippen LogP contribution in [0.15, 0.2) is 42.5 Å². The van der Waals surface area contributed by atoms with Crippen molar-refractivity contribution in [2.24, 2.45) is 0 Å². The van der Waals surface area contributed by atoms with Gasteiger partial charge in [0.15, 0.2) is 0 Å². The third kappa shape index (κ3) is 3.44. The number of carbonyl (C=O) groups excluding carboxylic acids is 2. The second-order valence-electron chi connectivity index (χ2n) is 4.79. The molecule has 3 nitrogen and oxygen atoms in total. The fraction of sp³-hybridized carbons (Fsp3) is 0.294. The average molecular weight is 270 g/mol. The normalized spacial score (nSPS) is 12.1. The van der Waals surface area contributed by atoms with E-state index in [2.05, 4.69) is 0 Å². The van der Waals surface area contributed by atoms with Crippen LogP contribution in [0.2, 0.25) is 0 Å². The summed E-state index contributed by atoms with van der Waals surface area (Å²) in [5, 5.41) is 2.25. The van der Waals surface area contributed by atoms with Crippen LogP contribution in [-0.4, -0.2) is 18.9 Å². The molecule has 0 aromatic heterocycles. The second-order valence-corrected chi connectivity index (χ2v) is 4.79. The van der Waals surface area contributed by atoms with Gasteiger partial charge in [-0.25, -0.2) is 0 Å². The van der Waals surface area contributed by atoms with Crippen molar-refractivity contribution in [2.75, 3.05) is 6.61 Å². The minimum Gasteiger partial charge on any atom is -0.466 e. The summed E-state index contributed by atoms with van der Waals surface area (Å²) >= 11 is 0. The predicted octanol–water partition coefficient (Wildman–Crippen LogP) is 3.47. The van der Waals surface area contributed by atoms with Crippen LogP contribution in [0.5, 0.6) is 0 Å². The van der Waals surface area contributed by atoms with E-state index in [4.69, 9.17) is 4.74 Å². The van der Waals surface area contributed by atoms with E-state index in [1.54, 1.807) is 0 Å². The molecule has 3 heteroatoms. The van der Waals surface area contributed by atoms with Crippen molar-refractivity contribution in [1.29, 1.82) is 0 Å². The molecule has 0 aliphatic heterocycles. The molecule has 0 saturated heterocycles. The number of ether oxygens (including phenoxy) is 1. The van der Waals surface area contributed by atoms with Crippen LogP contribution in [0.3, 0.4) is 0 Å². The van der Waals surface area contributed by atoms with Crippen LogP contribution in [0.4, 0.5) is 0 Å². The smallest absolute Gasteiger partial charge is 0.302 e. The number of benzene rings is 2. The van der Waals surface area contributed by atoms with Gasteiger partial charge in [-0.3, -0.25) is 4.79 Å². The molecule has 0 aliphatic carbocycles. The molecule has 104 valence electrons. The van der Waals surface area contributed by atoms with E-state index in [1.807, 2.05) is 42.5 Å². The number of aldehydes is 1. The Morgan fingerprint density at radius 2 is 1.95 bits per heavy atom. The summed E-state index contributed by atoms with van der Waals surface area (Å²) in [4.78, 5) is 22.1. The lowest BCUT2D eigenvalue weighted by Gasteiger charge is -2.13. The van der Waals surface area contributed by atoms with Gasteiger partial charge >= 0.3 is 5.97 Å². The maximum Gasteiger partial charge on any atom is 0.302 e. The van der Waals surface area contributed by atoms with Gasteiger partial charge in [-0.05, 0) is 29.2 Å². The lowest BCUT2D eigenvalue weighted by Crippen LogP contribution is -2.05. The highest BCUT2D eigenvalue weighted by Gasteiger charge is 2.13. The van der Waals surface area contributed by atoms with Crippen LogP contribution in [0, 0.1) is 0 Å². The first kappa shape index (κ1) is 14.3. The molecule has 0 saturated carbocycles. The van der Waals surface area contributed by atoms with E-state index >= 15 is 0 Å². The predicted molar refractivity (Wildman–Crippen MR) is 78.6 cm³/mol. The zero-order valence-corrected chi connectivity index (χ0v) is 11.5. The molecule has 0 radical (unpaired) electrons. The van der Waals surface area contributed by atoms with Gasteiger partial charge in [0, 0.05) is 12.8 Å². The Hall–Kier alpha value is -2.16. The maximum atomic E-state index is 11.4. The summed E-state index contributed by atoms with van der Waals surface area (Å²) in [7, 11) is 0. The van der Waals surface area contributed by atoms with E-state index < -0.39 is 0 Å². The van der Waals surface area contributed by atoms with Gasteiger partial charge in [0.25, 0.3) is 0 Å². The quantitative estimate of drug-likeness (QED) is 0.458. The summed E-state index contributed by atoms with van der Waals surface area (Å²) < 4.78 is 4.91. The fourth-order valence-electron chi connectivity index (χ4n) is 2.39. The third-order valence-electron chi connectivity index (χ3n) is 3.35. The number of esters is 1. The van der Waals surface area contributed by atoms with Crippen molar-refractivity contribution in [3.8, 4) is 0 Å². The molecule has 1 atom stereocenters. The summed E-state index contributed by atoms with van der Waals surface area (Å²) in [6, 6.07) is 14.1. The highest BCUT2D eigenvalue weighted by Crippen LogP contribution is 2.27. The third-order valence-corrected chi connectivity index (χ3v) is 3.35. The number of fused-ring (bicyclic) bond motifs is 1. The maximum absolute atomic E-state index is 11.4. The van der Waals surface area contributed by atoms with E-state index in [0.717, 1.165) is 22.6 Å². The van der Waals surface area contributed by atoms with E-state index in [0.29, 0.717) is 19.4 Å². The average Bonchev–Trinajstić information content (AvgIpc) is 2.47. The Labute approximate surface area is 118 Å². The summed E-state index contributed by atoms with van der Waals surface area (Å²) in [5.41, 5.74) is 1.04. The van der Waals surface area contributed by atoms with E-state index in [-0.39, 0.29) is 11.9 Å².